The van der Waals surface area contributed by atoms with Gasteiger partial charge in [-0.2, -0.15) is 0 Å². The number of fused-ring (bicyclic) bond motifs is 2. The Bertz CT molecular complexity index is 1150. The van der Waals surface area contributed by atoms with Crippen molar-refractivity contribution in [1.82, 2.24) is 0 Å². The first-order chi connectivity index (χ1) is 15.2. The van der Waals surface area contributed by atoms with Crippen molar-refractivity contribution in [3.63, 3.8) is 0 Å². The normalized spacial score (nSPS) is 46.3. The summed E-state index contributed by atoms with van der Waals surface area (Å²) in [5.74, 6) is -2.07. The molecule has 0 aliphatic heterocycles. The number of rotatable bonds is 2. The maximum atomic E-state index is 12.8. The van der Waals surface area contributed by atoms with E-state index in [4.69, 9.17) is 11.5 Å². The number of hydrogen-bond donors (Lipinski definition) is 4. The van der Waals surface area contributed by atoms with E-state index in [1.165, 1.54) is 11.1 Å². The number of benzene rings is 2. The summed E-state index contributed by atoms with van der Waals surface area (Å²) < 4.78 is 0. The predicted molar refractivity (Wildman–Crippen MR) is 116 cm³/mol. The van der Waals surface area contributed by atoms with E-state index in [1.807, 2.05) is 36.4 Å². The molecule has 2 aromatic rings. The Morgan fingerprint density at radius 1 is 0.750 bits per heavy atom. The van der Waals surface area contributed by atoms with Gasteiger partial charge in [0.2, 0.25) is 0 Å². The number of nitrogens with two attached hydrogens (primary N) is 2. The van der Waals surface area contributed by atoms with Gasteiger partial charge in [0.25, 0.3) is 0 Å². The second-order valence-electron chi connectivity index (χ2n) is 10.8. The van der Waals surface area contributed by atoms with E-state index in [0.29, 0.717) is 25.7 Å². The molecule has 0 heterocycles. The van der Waals surface area contributed by atoms with Gasteiger partial charge in [0.15, 0.2) is 0 Å². The van der Waals surface area contributed by atoms with Crippen LogP contribution in [0.2, 0.25) is 0 Å². The van der Waals surface area contributed by atoms with Crippen molar-refractivity contribution in [3.05, 3.63) is 70.8 Å². The van der Waals surface area contributed by atoms with Crippen LogP contribution in [0.3, 0.4) is 0 Å². The largest absolute Gasteiger partial charge is 0.480 e. The molecule has 6 unspecified atom stereocenters. The van der Waals surface area contributed by atoms with Gasteiger partial charge in [-0.25, -0.2) is 0 Å². The zero-order valence-corrected chi connectivity index (χ0v) is 17.6. The molecule has 32 heavy (non-hydrogen) atoms. The molecule has 0 saturated heterocycles. The van der Waals surface area contributed by atoms with Crippen LogP contribution in [0.25, 0.3) is 0 Å². The van der Waals surface area contributed by atoms with Crippen LogP contribution in [0, 0.1) is 11.8 Å². The average molecular weight is 431 g/mol. The average Bonchev–Trinajstić information content (AvgIpc) is 3.17. The van der Waals surface area contributed by atoms with Crippen LogP contribution in [0.4, 0.5) is 0 Å². The monoisotopic (exact) mass is 430 g/mol. The second-order valence-corrected chi connectivity index (χ2v) is 10.8. The molecule has 0 aromatic heterocycles. The summed E-state index contributed by atoms with van der Waals surface area (Å²) in [7, 11) is 0. The van der Waals surface area contributed by atoms with E-state index in [-0.39, 0.29) is 23.7 Å². The Hall–Kier alpha value is -2.70. The van der Waals surface area contributed by atoms with Crippen molar-refractivity contribution < 1.29 is 19.8 Å². The molecule has 3 saturated carbocycles. The number of carbonyl (C=O) groups is 2. The van der Waals surface area contributed by atoms with Gasteiger partial charge in [-0.05, 0) is 71.6 Å². The third-order valence-corrected chi connectivity index (χ3v) is 10.4. The number of hydrogen-bond acceptors (Lipinski definition) is 4. The molecule has 7 aliphatic carbocycles. The zero-order chi connectivity index (χ0) is 22.3. The van der Waals surface area contributed by atoms with Gasteiger partial charge in [-0.1, -0.05) is 48.5 Å². The summed E-state index contributed by atoms with van der Waals surface area (Å²) in [6, 6.07) is 16.3. The lowest BCUT2D eigenvalue weighted by Gasteiger charge is -2.72. The maximum Gasteiger partial charge on any atom is 0.324 e. The highest BCUT2D eigenvalue weighted by Gasteiger charge is 2.84. The highest BCUT2D eigenvalue weighted by molar-refractivity contribution is 5.87. The van der Waals surface area contributed by atoms with Crippen LogP contribution in [0.15, 0.2) is 48.5 Å². The van der Waals surface area contributed by atoms with E-state index in [2.05, 4.69) is 12.1 Å². The molecule has 6 atom stereocenters. The van der Waals surface area contributed by atoms with Crippen molar-refractivity contribution in [2.45, 2.75) is 59.4 Å². The van der Waals surface area contributed by atoms with E-state index in [1.54, 1.807) is 0 Å². The lowest BCUT2D eigenvalue weighted by Crippen LogP contribution is -2.80. The van der Waals surface area contributed by atoms with Crippen LogP contribution in [-0.2, 0) is 20.4 Å². The Morgan fingerprint density at radius 2 is 1.16 bits per heavy atom. The van der Waals surface area contributed by atoms with Crippen molar-refractivity contribution in [2.24, 2.45) is 23.3 Å². The van der Waals surface area contributed by atoms with E-state index in [0.717, 1.165) is 11.1 Å². The highest BCUT2D eigenvalue weighted by atomic mass is 16.4. The van der Waals surface area contributed by atoms with Crippen LogP contribution >= 0.6 is 0 Å². The minimum Gasteiger partial charge on any atom is -0.480 e. The van der Waals surface area contributed by atoms with Gasteiger partial charge in [0.1, 0.15) is 11.1 Å². The molecule has 2 spiro atoms. The Kier molecular flexibility index (Phi) is 3.10. The third kappa shape index (κ3) is 1.55. The maximum absolute atomic E-state index is 12.8. The summed E-state index contributed by atoms with van der Waals surface area (Å²) in [6.45, 7) is 0. The number of aliphatic carboxylic acids is 2. The summed E-state index contributed by atoms with van der Waals surface area (Å²) in [6.07, 6.45) is 1.85. The Morgan fingerprint density at radius 3 is 1.56 bits per heavy atom. The fraction of sp³-hybridized carbons (Fsp3) is 0.462. The van der Waals surface area contributed by atoms with Crippen molar-refractivity contribution in [3.8, 4) is 0 Å². The van der Waals surface area contributed by atoms with Crippen molar-refractivity contribution in [1.29, 1.82) is 0 Å². The van der Waals surface area contributed by atoms with Crippen LogP contribution < -0.4 is 11.5 Å². The van der Waals surface area contributed by atoms with Gasteiger partial charge in [0.05, 0.1) is 0 Å². The highest BCUT2D eigenvalue weighted by Crippen LogP contribution is 2.81. The lowest BCUT2D eigenvalue weighted by atomic mass is 9.31. The third-order valence-electron chi connectivity index (χ3n) is 10.4. The topological polar surface area (TPSA) is 127 Å². The van der Waals surface area contributed by atoms with Gasteiger partial charge in [-0.3, -0.25) is 9.59 Å². The fourth-order valence-corrected chi connectivity index (χ4v) is 9.59. The minimum atomic E-state index is -1.44. The molecule has 2 aromatic carbocycles. The van der Waals surface area contributed by atoms with Gasteiger partial charge in [0, 0.05) is 10.8 Å². The van der Waals surface area contributed by atoms with Crippen LogP contribution in [-0.4, -0.2) is 33.2 Å². The van der Waals surface area contributed by atoms with Crippen molar-refractivity contribution in [2.75, 3.05) is 0 Å². The lowest BCUT2D eigenvalue weighted by molar-refractivity contribution is -0.167. The molecule has 9 rings (SSSR count). The van der Waals surface area contributed by atoms with E-state index in [9.17, 15) is 19.8 Å². The van der Waals surface area contributed by atoms with Crippen molar-refractivity contribution >= 4 is 11.9 Å². The first-order valence-electron chi connectivity index (χ1n) is 11.5. The molecule has 6 N–H and O–H groups in total. The van der Waals surface area contributed by atoms with E-state index >= 15 is 0 Å². The van der Waals surface area contributed by atoms with Gasteiger partial charge in [-0.15, -0.1) is 0 Å². The zero-order valence-electron chi connectivity index (χ0n) is 17.6. The molecular weight excluding hydrogens is 404 g/mol. The summed E-state index contributed by atoms with van der Waals surface area (Å²) in [5.41, 5.74) is 13.7. The number of carboxylic acids is 2. The summed E-state index contributed by atoms with van der Waals surface area (Å²) >= 11 is 0. The molecule has 4 bridgehead atoms. The first kappa shape index (κ1) is 18.8. The molecular formula is C26H26N2O4. The molecule has 0 radical (unpaired) electrons. The SMILES string of the molecule is NC1(C(=O)O)CC2c3ccccc3C13CCC14c5ccccc5C(CC1(N)C(=O)O)C2C34. The summed E-state index contributed by atoms with van der Waals surface area (Å²) in [5, 5.41) is 21.0. The molecule has 6 nitrogen and oxygen atoms in total. The fourth-order valence-electron chi connectivity index (χ4n) is 9.59. The summed E-state index contributed by atoms with van der Waals surface area (Å²) in [4.78, 5) is 25.6. The number of carboxylic acid groups (broad SMARTS) is 2. The molecule has 3 fully saturated rings. The first-order valence-corrected chi connectivity index (χ1v) is 11.5. The minimum absolute atomic E-state index is 0.0200. The van der Waals surface area contributed by atoms with Crippen LogP contribution in [0.5, 0.6) is 0 Å². The second kappa shape index (κ2) is 5.26. The smallest absolute Gasteiger partial charge is 0.324 e. The quantitative estimate of drug-likeness (QED) is 0.580. The van der Waals surface area contributed by atoms with E-state index < -0.39 is 33.8 Å². The van der Waals surface area contributed by atoms with Crippen LogP contribution in [0.1, 0.15) is 59.8 Å². The van der Waals surface area contributed by atoms with Gasteiger partial charge >= 0.3 is 11.9 Å². The molecule has 0 amide bonds. The molecule has 6 heteroatoms. The molecule has 7 aliphatic rings. The van der Waals surface area contributed by atoms with Gasteiger partial charge < -0.3 is 21.7 Å². The molecule has 164 valence electrons. The Labute approximate surface area is 185 Å². The standard InChI is InChI=1S/C26H26N2O4/c27-25(21(29)30)11-15-13-5-1-3-7-17(13)23(25)9-10-24-18-8-4-2-6-14(18)16(19(15)20(23)24)12-26(24,28)22(31)32/h1-8,15-16,19-20H,9-12,27-28H2,(H,29,30)(H,31,32). The predicted octanol–water partition coefficient (Wildman–Crippen LogP) is 2.45. The Balaban J connectivity index is 1.64.